The number of allylic oxidation sites excluding steroid dienone is 2. The van der Waals surface area contributed by atoms with Gasteiger partial charge in [-0.25, -0.2) is 4.98 Å². The van der Waals surface area contributed by atoms with Gasteiger partial charge in [-0.05, 0) is 45.2 Å². The molecule has 1 saturated heterocycles. The van der Waals surface area contributed by atoms with Crippen molar-refractivity contribution in [3.05, 3.63) is 41.2 Å². The number of nitrogens with zero attached hydrogens (tertiary/aromatic N) is 2. The van der Waals surface area contributed by atoms with E-state index in [0.29, 0.717) is 24.5 Å². The van der Waals surface area contributed by atoms with Gasteiger partial charge in [0.05, 0.1) is 18.9 Å². The van der Waals surface area contributed by atoms with E-state index in [9.17, 15) is 15.0 Å². The molecular formula is C18H26N2O3. The minimum Gasteiger partial charge on any atom is -0.396 e. The van der Waals surface area contributed by atoms with E-state index in [1.54, 1.807) is 23.1 Å². The molecule has 126 valence electrons. The van der Waals surface area contributed by atoms with E-state index in [1.165, 1.54) is 5.57 Å². The first kappa shape index (κ1) is 17.6. The van der Waals surface area contributed by atoms with Crippen molar-refractivity contribution in [3.63, 3.8) is 0 Å². The zero-order valence-electron chi connectivity index (χ0n) is 14.0. The van der Waals surface area contributed by atoms with Crippen molar-refractivity contribution in [2.45, 2.75) is 39.7 Å². The van der Waals surface area contributed by atoms with Crippen LogP contribution in [0.4, 0.5) is 0 Å². The van der Waals surface area contributed by atoms with Gasteiger partial charge in [0.1, 0.15) is 5.69 Å². The largest absolute Gasteiger partial charge is 0.396 e. The molecule has 0 aromatic carbocycles. The number of rotatable bonds is 5. The molecule has 1 aromatic heterocycles. The smallest absolute Gasteiger partial charge is 0.272 e. The molecule has 2 rings (SSSR count). The van der Waals surface area contributed by atoms with Gasteiger partial charge in [0, 0.05) is 18.5 Å². The molecule has 0 unspecified atom stereocenters. The lowest BCUT2D eigenvalue weighted by Gasteiger charge is -2.41. The number of piperidine rings is 1. The van der Waals surface area contributed by atoms with Gasteiger partial charge in [0.25, 0.3) is 5.91 Å². The molecule has 1 aromatic rings. The van der Waals surface area contributed by atoms with Crippen molar-refractivity contribution in [3.8, 4) is 0 Å². The Kier molecular flexibility index (Phi) is 5.91. The third-order valence-electron chi connectivity index (χ3n) is 4.42. The zero-order chi connectivity index (χ0) is 16.9. The van der Waals surface area contributed by atoms with Gasteiger partial charge in [-0.1, -0.05) is 17.7 Å². The number of aliphatic hydroxyl groups is 2. The second-order valence-electron chi connectivity index (χ2n) is 6.65. The van der Waals surface area contributed by atoms with Gasteiger partial charge in [0.2, 0.25) is 0 Å². The molecule has 0 radical (unpaired) electrons. The number of hydrogen-bond acceptors (Lipinski definition) is 4. The van der Waals surface area contributed by atoms with Crippen LogP contribution in [0.25, 0.3) is 0 Å². The fraction of sp³-hybridized carbons (Fsp3) is 0.556. The highest BCUT2D eigenvalue weighted by atomic mass is 16.3. The summed E-state index contributed by atoms with van der Waals surface area (Å²) in [5.41, 5.74) is 1.80. The maximum absolute atomic E-state index is 12.7. The Morgan fingerprint density at radius 2 is 2.17 bits per heavy atom. The first-order valence-corrected chi connectivity index (χ1v) is 8.10. The molecule has 1 aliphatic rings. The van der Waals surface area contributed by atoms with Gasteiger partial charge in [-0.2, -0.15) is 0 Å². The van der Waals surface area contributed by atoms with E-state index >= 15 is 0 Å². The van der Waals surface area contributed by atoms with Crippen LogP contribution in [-0.2, 0) is 6.61 Å². The van der Waals surface area contributed by atoms with Gasteiger partial charge >= 0.3 is 0 Å². The molecule has 1 amide bonds. The maximum Gasteiger partial charge on any atom is 0.272 e. The Morgan fingerprint density at radius 1 is 1.39 bits per heavy atom. The molecule has 1 aliphatic heterocycles. The minimum atomic E-state index is -0.264. The Labute approximate surface area is 137 Å². The number of amides is 1. The van der Waals surface area contributed by atoms with Gasteiger partial charge in [-0.3, -0.25) is 4.79 Å². The quantitative estimate of drug-likeness (QED) is 0.816. The van der Waals surface area contributed by atoms with Crippen LogP contribution < -0.4 is 0 Å². The Hall–Kier alpha value is -1.72. The fourth-order valence-electron chi connectivity index (χ4n) is 3.01. The summed E-state index contributed by atoms with van der Waals surface area (Å²) < 4.78 is 0. The molecular weight excluding hydrogens is 292 g/mol. The number of carbonyl (C=O) groups is 1. The second-order valence-corrected chi connectivity index (χ2v) is 6.65. The predicted molar refractivity (Wildman–Crippen MR) is 88.9 cm³/mol. The van der Waals surface area contributed by atoms with E-state index < -0.39 is 0 Å². The average Bonchev–Trinajstić information content (AvgIpc) is 2.59. The summed E-state index contributed by atoms with van der Waals surface area (Å²) in [5, 5.41) is 19.1. The van der Waals surface area contributed by atoms with Crippen LogP contribution in [-0.4, -0.2) is 45.7 Å². The van der Waals surface area contributed by atoms with Crippen LogP contribution in [0.1, 0.15) is 49.3 Å². The maximum atomic E-state index is 12.7. The summed E-state index contributed by atoms with van der Waals surface area (Å²) >= 11 is 0. The van der Waals surface area contributed by atoms with Crippen LogP contribution in [0.3, 0.4) is 0 Å². The lowest BCUT2D eigenvalue weighted by Crippen LogP contribution is -2.48. The summed E-state index contributed by atoms with van der Waals surface area (Å²) in [7, 11) is 0. The Morgan fingerprint density at radius 3 is 2.83 bits per heavy atom. The monoisotopic (exact) mass is 318 g/mol. The summed E-state index contributed by atoms with van der Waals surface area (Å²) in [5.74, 6) is -0.130. The normalized spacial score (nSPS) is 21.1. The van der Waals surface area contributed by atoms with Gasteiger partial charge in [-0.15, -0.1) is 0 Å². The summed E-state index contributed by atoms with van der Waals surface area (Å²) in [4.78, 5) is 18.7. The molecule has 1 atom stereocenters. The third-order valence-corrected chi connectivity index (χ3v) is 4.42. The molecule has 0 spiro atoms. The lowest BCUT2D eigenvalue weighted by atomic mass is 9.77. The van der Waals surface area contributed by atoms with Crippen molar-refractivity contribution in [2.75, 3.05) is 19.7 Å². The van der Waals surface area contributed by atoms with Crippen LogP contribution in [0.15, 0.2) is 29.8 Å². The summed E-state index contributed by atoms with van der Waals surface area (Å²) in [6, 6.07) is 5.10. The van der Waals surface area contributed by atoms with Crippen LogP contribution in [0.5, 0.6) is 0 Å². The topological polar surface area (TPSA) is 73.7 Å². The fourth-order valence-corrected chi connectivity index (χ4v) is 3.01. The first-order valence-electron chi connectivity index (χ1n) is 8.10. The van der Waals surface area contributed by atoms with Gasteiger partial charge < -0.3 is 15.1 Å². The summed E-state index contributed by atoms with van der Waals surface area (Å²) in [6.07, 6.45) is 4.71. The van der Waals surface area contributed by atoms with Crippen LogP contribution in [0.2, 0.25) is 0 Å². The van der Waals surface area contributed by atoms with Crippen LogP contribution in [0, 0.1) is 5.41 Å². The van der Waals surface area contributed by atoms with E-state index in [0.717, 1.165) is 19.3 Å². The highest BCUT2D eigenvalue weighted by Crippen LogP contribution is 2.34. The first-order chi connectivity index (χ1) is 11.0. The Balaban J connectivity index is 2.15. The zero-order valence-corrected chi connectivity index (χ0v) is 14.0. The predicted octanol–water partition coefficient (Wildman–Crippen LogP) is 2.14. The molecule has 5 heteroatoms. The highest BCUT2D eigenvalue weighted by molar-refractivity contribution is 5.92. The number of aliphatic hydroxyl groups excluding tert-OH is 2. The standard InChI is InChI=1S/C18H26N2O3/c1-14(2)7-9-18(13-22)8-4-10-20(12-18)17(23)16-6-3-5-15(11-21)19-16/h3,5-7,21-22H,4,8-13H2,1-2H3/t18-/m1/s1. The van der Waals surface area contributed by atoms with Crippen molar-refractivity contribution in [1.29, 1.82) is 0 Å². The minimum absolute atomic E-state index is 0.0741. The van der Waals surface area contributed by atoms with E-state index in [4.69, 9.17) is 0 Å². The summed E-state index contributed by atoms with van der Waals surface area (Å²) in [6.45, 7) is 5.20. The number of pyridine rings is 1. The van der Waals surface area contributed by atoms with Crippen LogP contribution >= 0.6 is 0 Å². The van der Waals surface area contributed by atoms with Gasteiger partial charge in [0.15, 0.2) is 0 Å². The number of hydrogen-bond donors (Lipinski definition) is 2. The third kappa shape index (κ3) is 4.39. The van der Waals surface area contributed by atoms with Crippen molar-refractivity contribution in [1.82, 2.24) is 9.88 Å². The molecule has 23 heavy (non-hydrogen) atoms. The van der Waals surface area contributed by atoms with Crippen molar-refractivity contribution < 1.29 is 15.0 Å². The van der Waals surface area contributed by atoms with Crippen molar-refractivity contribution in [2.24, 2.45) is 5.41 Å². The molecule has 0 aliphatic carbocycles. The molecule has 2 heterocycles. The molecule has 0 saturated carbocycles. The number of carbonyl (C=O) groups excluding carboxylic acids is 1. The molecule has 1 fully saturated rings. The lowest BCUT2D eigenvalue weighted by molar-refractivity contribution is 0.0280. The SMILES string of the molecule is CC(C)=CC[C@]1(CO)CCCN(C(=O)c2cccc(CO)n2)C1. The van der Waals surface area contributed by atoms with E-state index in [2.05, 4.69) is 11.1 Å². The molecule has 5 nitrogen and oxygen atoms in total. The number of likely N-dealkylation sites (tertiary alicyclic amines) is 1. The highest BCUT2D eigenvalue weighted by Gasteiger charge is 2.36. The average molecular weight is 318 g/mol. The molecule has 0 bridgehead atoms. The van der Waals surface area contributed by atoms with E-state index in [-0.39, 0.29) is 24.5 Å². The number of aromatic nitrogens is 1. The Bertz CT molecular complexity index is 581. The second kappa shape index (κ2) is 7.70. The van der Waals surface area contributed by atoms with Crippen molar-refractivity contribution >= 4 is 5.91 Å². The molecule has 2 N–H and O–H groups in total. The van der Waals surface area contributed by atoms with E-state index in [1.807, 2.05) is 13.8 Å².